The van der Waals surface area contributed by atoms with Crippen molar-refractivity contribution in [2.75, 3.05) is 0 Å². The molecule has 2 aromatic rings. The third-order valence-corrected chi connectivity index (χ3v) is 6.40. The van der Waals surface area contributed by atoms with E-state index in [1.54, 1.807) is 24.3 Å². The Bertz CT molecular complexity index is 972. The van der Waals surface area contributed by atoms with E-state index in [0.29, 0.717) is 15.7 Å². The molecule has 0 saturated heterocycles. The number of carbonyl (C=O) groups is 2. The molecule has 0 aliphatic carbocycles. The summed E-state index contributed by atoms with van der Waals surface area (Å²) in [5, 5.41) is 22.1. The maximum atomic E-state index is 12.4. The summed E-state index contributed by atoms with van der Waals surface area (Å²) in [5.41, 5.74) is 1.72. The molecule has 0 aromatic heterocycles. The number of nitrogens with zero attached hydrogens (tertiary/aromatic N) is 2. The summed E-state index contributed by atoms with van der Waals surface area (Å²) >= 11 is -0.416. The van der Waals surface area contributed by atoms with Crippen molar-refractivity contribution in [3.05, 3.63) is 82.0 Å². The van der Waals surface area contributed by atoms with Crippen LogP contribution in [0.15, 0.2) is 70.8 Å². The van der Waals surface area contributed by atoms with Crippen molar-refractivity contribution in [1.82, 2.24) is 5.32 Å². The molecule has 1 amide bonds. The summed E-state index contributed by atoms with van der Waals surface area (Å²) in [4.78, 5) is 24.8. The quantitative estimate of drug-likeness (QED) is 0.595. The molecule has 1 aliphatic rings. The monoisotopic (exact) mass is 421 g/mol. The second-order valence-electron chi connectivity index (χ2n) is 5.92. The van der Waals surface area contributed by atoms with Gasteiger partial charge in [0.15, 0.2) is 0 Å². The molecule has 27 heavy (non-hydrogen) atoms. The number of allylic oxidation sites excluding steroid dienone is 1. The van der Waals surface area contributed by atoms with Crippen molar-refractivity contribution in [3.8, 4) is 12.1 Å². The Morgan fingerprint density at radius 3 is 2.26 bits per heavy atom. The van der Waals surface area contributed by atoms with Crippen molar-refractivity contribution in [2.45, 2.75) is 11.2 Å². The average molecular weight is 420 g/mol. The zero-order chi connectivity index (χ0) is 19.2. The van der Waals surface area contributed by atoms with Crippen LogP contribution in [-0.2, 0) is 4.79 Å². The number of ketones is 1. The van der Waals surface area contributed by atoms with Crippen LogP contribution in [0.1, 0.15) is 21.8 Å². The van der Waals surface area contributed by atoms with Gasteiger partial charge in [0.25, 0.3) is 0 Å². The minimum absolute atomic E-state index is 0.0340. The van der Waals surface area contributed by atoms with Crippen LogP contribution in [0.3, 0.4) is 0 Å². The van der Waals surface area contributed by atoms with Crippen LogP contribution in [0.4, 0.5) is 0 Å². The predicted octanol–water partition coefficient (Wildman–Crippen LogP) is 2.78. The Morgan fingerprint density at radius 2 is 1.67 bits per heavy atom. The van der Waals surface area contributed by atoms with E-state index in [1.165, 1.54) is 0 Å². The SMILES string of the molecule is N#CC1=C([Se]CC(=O)c2ccccc2)NC(=O)C(C#N)C1c1ccccc1. The number of hydrogen-bond donors (Lipinski definition) is 1. The third kappa shape index (κ3) is 3.99. The van der Waals surface area contributed by atoms with Crippen molar-refractivity contribution >= 4 is 26.6 Å². The first kappa shape index (κ1) is 18.6. The van der Waals surface area contributed by atoms with Crippen molar-refractivity contribution in [3.63, 3.8) is 0 Å². The molecule has 5 nitrogen and oxygen atoms in total. The van der Waals surface area contributed by atoms with E-state index in [0.717, 1.165) is 5.56 Å². The first-order chi connectivity index (χ1) is 13.2. The fourth-order valence-corrected chi connectivity index (χ4v) is 4.93. The molecular formula is C21H15N3O2Se. The van der Waals surface area contributed by atoms with Gasteiger partial charge in [-0.2, -0.15) is 0 Å². The van der Waals surface area contributed by atoms with Crippen LogP contribution in [0.2, 0.25) is 5.32 Å². The molecule has 0 radical (unpaired) electrons. The van der Waals surface area contributed by atoms with E-state index < -0.39 is 32.7 Å². The molecule has 1 heterocycles. The van der Waals surface area contributed by atoms with Gasteiger partial charge in [-0.15, -0.1) is 0 Å². The standard InChI is InChI=1S/C21H15N3O2Se/c22-11-16-19(15-9-5-2-6-10-15)17(12-23)21(24-20(16)26)27-13-18(25)14-7-3-1-4-8-14/h1-10,16,19H,13H2,(H,24,26). The van der Waals surface area contributed by atoms with Crippen molar-refractivity contribution in [2.24, 2.45) is 5.92 Å². The summed E-state index contributed by atoms with van der Waals surface area (Å²) < 4.78 is 0.486. The Labute approximate surface area is 163 Å². The van der Waals surface area contributed by atoms with Crippen LogP contribution in [0, 0.1) is 28.6 Å². The van der Waals surface area contributed by atoms with Crippen LogP contribution < -0.4 is 5.32 Å². The number of nitrogens with one attached hydrogen (secondary N) is 1. The first-order valence-corrected chi connectivity index (χ1v) is 10.3. The molecule has 0 fully saturated rings. The Kier molecular flexibility index (Phi) is 5.84. The van der Waals surface area contributed by atoms with E-state index in [4.69, 9.17) is 0 Å². The molecule has 0 saturated carbocycles. The summed E-state index contributed by atoms with van der Waals surface area (Å²) in [6.07, 6.45) is 0. The molecular weight excluding hydrogens is 405 g/mol. The normalized spacial score (nSPS) is 19.0. The minimum atomic E-state index is -0.966. The number of Topliss-reactive ketones (excluding diaryl/α,β-unsaturated/α-hetero) is 1. The van der Waals surface area contributed by atoms with E-state index >= 15 is 0 Å². The van der Waals surface area contributed by atoms with Gasteiger partial charge in [-0.05, 0) is 0 Å². The van der Waals surface area contributed by atoms with Gasteiger partial charge in [0, 0.05) is 0 Å². The number of rotatable bonds is 5. The van der Waals surface area contributed by atoms with E-state index in [2.05, 4.69) is 11.4 Å². The van der Waals surface area contributed by atoms with Gasteiger partial charge < -0.3 is 0 Å². The molecule has 1 N–H and O–H groups in total. The zero-order valence-corrected chi connectivity index (χ0v) is 16.0. The van der Waals surface area contributed by atoms with E-state index in [-0.39, 0.29) is 11.1 Å². The van der Waals surface area contributed by atoms with E-state index in [9.17, 15) is 20.1 Å². The van der Waals surface area contributed by atoms with Gasteiger partial charge >= 0.3 is 163 Å². The van der Waals surface area contributed by atoms with Crippen molar-refractivity contribution in [1.29, 1.82) is 10.5 Å². The number of nitriles is 2. The van der Waals surface area contributed by atoms with Gasteiger partial charge in [0.2, 0.25) is 0 Å². The fourth-order valence-electron chi connectivity index (χ4n) is 2.95. The molecule has 1 aliphatic heterocycles. The fraction of sp³-hybridized carbons (Fsp3) is 0.143. The average Bonchev–Trinajstić information content (AvgIpc) is 2.72. The Balaban J connectivity index is 1.91. The molecule has 2 aromatic carbocycles. The van der Waals surface area contributed by atoms with Gasteiger partial charge in [0.05, 0.1) is 0 Å². The van der Waals surface area contributed by atoms with Gasteiger partial charge in [-0.1, -0.05) is 0 Å². The molecule has 0 spiro atoms. The second kappa shape index (κ2) is 8.47. The summed E-state index contributed by atoms with van der Waals surface area (Å²) in [6.45, 7) is 0. The topological polar surface area (TPSA) is 93.8 Å². The van der Waals surface area contributed by atoms with Crippen LogP contribution >= 0.6 is 0 Å². The van der Waals surface area contributed by atoms with Gasteiger partial charge in [-0.3, -0.25) is 0 Å². The molecule has 6 heteroatoms. The van der Waals surface area contributed by atoms with Crippen LogP contribution in [0.25, 0.3) is 0 Å². The maximum absolute atomic E-state index is 12.4. The summed E-state index contributed by atoms with van der Waals surface area (Å²) in [5.74, 6) is -2.03. The number of carbonyl (C=O) groups excluding carboxylic acids is 2. The Hall–Kier alpha value is -3.18. The molecule has 2 atom stereocenters. The second-order valence-corrected chi connectivity index (χ2v) is 7.98. The van der Waals surface area contributed by atoms with Crippen LogP contribution in [0.5, 0.6) is 0 Å². The molecule has 132 valence electrons. The third-order valence-electron chi connectivity index (χ3n) is 4.27. The van der Waals surface area contributed by atoms with Crippen LogP contribution in [-0.4, -0.2) is 26.6 Å². The number of amides is 1. The Morgan fingerprint density at radius 1 is 1.04 bits per heavy atom. The van der Waals surface area contributed by atoms with Crippen molar-refractivity contribution < 1.29 is 9.59 Å². The summed E-state index contributed by atoms with van der Waals surface area (Å²) in [6, 6.07) is 22.2. The first-order valence-electron chi connectivity index (χ1n) is 8.26. The zero-order valence-electron chi connectivity index (χ0n) is 14.3. The number of hydrogen-bond acceptors (Lipinski definition) is 4. The predicted molar refractivity (Wildman–Crippen MR) is 100 cm³/mol. The van der Waals surface area contributed by atoms with Gasteiger partial charge in [0.1, 0.15) is 0 Å². The van der Waals surface area contributed by atoms with Gasteiger partial charge in [-0.25, -0.2) is 0 Å². The van der Waals surface area contributed by atoms with E-state index in [1.807, 2.05) is 42.5 Å². The molecule has 2 unspecified atom stereocenters. The summed E-state index contributed by atoms with van der Waals surface area (Å²) in [7, 11) is 0. The molecule has 3 rings (SSSR count). The molecule has 0 bridgehead atoms. The number of benzene rings is 2.